The van der Waals surface area contributed by atoms with Crippen LogP contribution in [0, 0.1) is 0 Å². The van der Waals surface area contributed by atoms with E-state index < -0.39 is 0 Å². The molecule has 1 aromatic carbocycles. The number of pyridine rings is 1. The van der Waals surface area contributed by atoms with E-state index in [-0.39, 0.29) is 12.4 Å². The first kappa shape index (κ1) is 16.9. The number of aromatic nitrogens is 3. The number of anilines is 3. The first-order chi connectivity index (χ1) is 12.2. The summed E-state index contributed by atoms with van der Waals surface area (Å²) >= 11 is 6.13. The number of aliphatic hydroxyl groups excluding tert-OH is 1. The Morgan fingerprint density at radius 2 is 1.92 bits per heavy atom. The van der Waals surface area contributed by atoms with Crippen LogP contribution in [-0.2, 0) is 0 Å². The Kier molecular flexibility index (Phi) is 5.27. The van der Waals surface area contributed by atoms with Crippen LogP contribution in [0.4, 0.5) is 17.5 Å². The molecule has 25 heavy (non-hydrogen) atoms. The van der Waals surface area contributed by atoms with Crippen molar-refractivity contribution in [3.8, 4) is 17.1 Å². The summed E-state index contributed by atoms with van der Waals surface area (Å²) < 4.78 is 0. The van der Waals surface area contributed by atoms with Crippen molar-refractivity contribution >= 4 is 29.1 Å². The summed E-state index contributed by atoms with van der Waals surface area (Å²) in [6, 6.07) is 11.9. The maximum atomic E-state index is 9.46. The SMILES string of the molecule is OCCNc1nc(Nc2ccc(O)cc2Cl)cc(-c2ccccn2)n1. The fourth-order valence-corrected chi connectivity index (χ4v) is 2.37. The second-order valence-corrected chi connectivity index (χ2v) is 5.52. The van der Waals surface area contributed by atoms with Crippen molar-refractivity contribution in [2.45, 2.75) is 0 Å². The van der Waals surface area contributed by atoms with Gasteiger partial charge in [0.25, 0.3) is 0 Å². The fraction of sp³-hybridized carbons (Fsp3) is 0.118. The summed E-state index contributed by atoms with van der Waals surface area (Å²) in [5.74, 6) is 0.941. The Morgan fingerprint density at radius 1 is 1.04 bits per heavy atom. The van der Waals surface area contributed by atoms with Gasteiger partial charge in [0.1, 0.15) is 11.6 Å². The summed E-state index contributed by atoms with van der Waals surface area (Å²) in [5.41, 5.74) is 1.91. The predicted molar refractivity (Wildman–Crippen MR) is 97.2 cm³/mol. The number of hydrogen-bond donors (Lipinski definition) is 4. The molecular formula is C17H16ClN5O2. The number of rotatable bonds is 6. The molecule has 0 saturated heterocycles. The highest BCUT2D eigenvalue weighted by molar-refractivity contribution is 6.33. The smallest absolute Gasteiger partial charge is 0.225 e. The molecule has 0 fully saturated rings. The van der Waals surface area contributed by atoms with E-state index in [1.807, 2.05) is 18.2 Å². The molecule has 7 nitrogen and oxygen atoms in total. The molecule has 3 rings (SSSR count). The van der Waals surface area contributed by atoms with Gasteiger partial charge in [-0.15, -0.1) is 0 Å². The van der Waals surface area contributed by atoms with Crippen molar-refractivity contribution in [3.63, 3.8) is 0 Å². The van der Waals surface area contributed by atoms with Crippen LogP contribution in [-0.4, -0.2) is 38.3 Å². The van der Waals surface area contributed by atoms with Gasteiger partial charge in [0.15, 0.2) is 0 Å². The van der Waals surface area contributed by atoms with Crippen LogP contribution in [0.15, 0.2) is 48.7 Å². The van der Waals surface area contributed by atoms with Crippen molar-refractivity contribution in [3.05, 3.63) is 53.7 Å². The molecule has 0 bridgehead atoms. The number of phenols is 1. The van der Waals surface area contributed by atoms with Crippen molar-refractivity contribution in [2.75, 3.05) is 23.8 Å². The van der Waals surface area contributed by atoms with Crippen molar-refractivity contribution in [1.82, 2.24) is 15.0 Å². The van der Waals surface area contributed by atoms with Crippen molar-refractivity contribution in [2.24, 2.45) is 0 Å². The lowest BCUT2D eigenvalue weighted by atomic mass is 10.2. The number of hydrogen-bond acceptors (Lipinski definition) is 7. The first-order valence-corrected chi connectivity index (χ1v) is 7.94. The lowest BCUT2D eigenvalue weighted by Crippen LogP contribution is -2.10. The second-order valence-electron chi connectivity index (χ2n) is 5.12. The molecular weight excluding hydrogens is 342 g/mol. The highest BCUT2D eigenvalue weighted by Gasteiger charge is 2.09. The highest BCUT2D eigenvalue weighted by atomic mass is 35.5. The average Bonchev–Trinajstić information content (AvgIpc) is 2.63. The predicted octanol–water partition coefficient (Wildman–Crippen LogP) is 3.05. The summed E-state index contributed by atoms with van der Waals surface area (Å²) in [4.78, 5) is 13.1. The summed E-state index contributed by atoms with van der Waals surface area (Å²) in [6.07, 6.45) is 1.68. The molecule has 2 heterocycles. The van der Waals surface area contributed by atoms with Crippen LogP contribution >= 0.6 is 11.6 Å². The minimum absolute atomic E-state index is 0.0380. The third-order valence-electron chi connectivity index (χ3n) is 3.26. The number of benzene rings is 1. The fourth-order valence-electron chi connectivity index (χ4n) is 2.15. The zero-order valence-electron chi connectivity index (χ0n) is 13.1. The van der Waals surface area contributed by atoms with E-state index in [9.17, 15) is 5.11 Å². The Labute approximate surface area is 149 Å². The van der Waals surface area contributed by atoms with Crippen molar-refractivity contribution < 1.29 is 10.2 Å². The highest BCUT2D eigenvalue weighted by Crippen LogP contribution is 2.29. The largest absolute Gasteiger partial charge is 0.508 e. The molecule has 128 valence electrons. The number of nitrogens with one attached hydrogen (secondary N) is 2. The summed E-state index contributed by atoms with van der Waals surface area (Å²) in [7, 11) is 0. The quantitative estimate of drug-likeness (QED) is 0.503. The van der Waals surface area contributed by atoms with Crippen LogP contribution in [0.1, 0.15) is 0 Å². The standard InChI is InChI=1S/C17H16ClN5O2/c18-12-9-11(25)4-5-13(12)21-16-10-15(14-3-1-2-6-19-14)22-17(23-16)20-7-8-24/h1-6,9-10,24-25H,7-8H2,(H2,20,21,22,23). The summed E-state index contributed by atoms with van der Waals surface area (Å²) in [5, 5.41) is 24.9. The first-order valence-electron chi connectivity index (χ1n) is 7.56. The van der Waals surface area contributed by atoms with E-state index in [2.05, 4.69) is 25.6 Å². The van der Waals surface area contributed by atoms with Gasteiger partial charge < -0.3 is 20.8 Å². The molecule has 0 saturated carbocycles. The minimum atomic E-state index is -0.0380. The van der Waals surface area contributed by atoms with E-state index in [4.69, 9.17) is 16.7 Å². The van der Waals surface area contributed by atoms with Gasteiger partial charge in [0.2, 0.25) is 5.95 Å². The van der Waals surface area contributed by atoms with Crippen LogP contribution < -0.4 is 10.6 Å². The molecule has 3 aromatic rings. The van der Waals surface area contributed by atoms with Gasteiger partial charge in [0.05, 0.1) is 28.7 Å². The Hall–Kier alpha value is -2.90. The molecule has 0 amide bonds. The van der Waals surface area contributed by atoms with Gasteiger partial charge in [-0.1, -0.05) is 17.7 Å². The Bertz CT molecular complexity index is 861. The maximum Gasteiger partial charge on any atom is 0.225 e. The molecule has 0 spiro atoms. The molecule has 8 heteroatoms. The van der Waals surface area contributed by atoms with E-state index in [1.165, 1.54) is 12.1 Å². The van der Waals surface area contributed by atoms with Gasteiger partial charge in [-0.05, 0) is 24.3 Å². The number of aliphatic hydroxyl groups is 1. The molecule has 0 atom stereocenters. The maximum absolute atomic E-state index is 9.46. The Morgan fingerprint density at radius 3 is 2.64 bits per heavy atom. The van der Waals surface area contributed by atoms with Crippen LogP contribution in [0.2, 0.25) is 5.02 Å². The van der Waals surface area contributed by atoms with Gasteiger partial charge in [0, 0.05) is 24.9 Å². The molecule has 2 aromatic heterocycles. The lowest BCUT2D eigenvalue weighted by Gasteiger charge is -2.12. The van der Waals surface area contributed by atoms with Gasteiger partial charge >= 0.3 is 0 Å². The second kappa shape index (κ2) is 7.78. The number of aromatic hydroxyl groups is 1. The Balaban J connectivity index is 1.96. The number of halogens is 1. The topological polar surface area (TPSA) is 103 Å². The van der Waals surface area contributed by atoms with E-state index in [0.717, 1.165) is 0 Å². The number of nitrogens with zero attached hydrogens (tertiary/aromatic N) is 3. The normalized spacial score (nSPS) is 10.5. The van der Waals surface area contributed by atoms with Crippen LogP contribution in [0.25, 0.3) is 11.4 Å². The lowest BCUT2D eigenvalue weighted by molar-refractivity contribution is 0.311. The van der Waals surface area contributed by atoms with Crippen LogP contribution in [0.5, 0.6) is 5.75 Å². The summed E-state index contributed by atoms with van der Waals surface area (Å²) in [6.45, 7) is 0.287. The van der Waals surface area contributed by atoms with Gasteiger partial charge in [-0.2, -0.15) is 4.98 Å². The average molecular weight is 358 g/mol. The molecule has 0 aliphatic carbocycles. The van der Waals surface area contributed by atoms with E-state index >= 15 is 0 Å². The molecule has 0 unspecified atom stereocenters. The monoisotopic (exact) mass is 357 g/mol. The molecule has 0 radical (unpaired) electrons. The molecule has 0 aliphatic rings. The zero-order chi connectivity index (χ0) is 17.6. The third kappa shape index (κ3) is 4.34. The zero-order valence-corrected chi connectivity index (χ0v) is 13.9. The van der Waals surface area contributed by atoms with Crippen LogP contribution in [0.3, 0.4) is 0 Å². The van der Waals surface area contributed by atoms with E-state index in [1.54, 1.807) is 18.3 Å². The molecule has 4 N–H and O–H groups in total. The van der Waals surface area contributed by atoms with Gasteiger partial charge in [-0.25, -0.2) is 4.98 Å². The van der Waals surface area contributed by atoms with Crippen molar-refractivity contribution in [1.29, 1.82) is 0 Å². The third-order valence-corrected chi connectivity index (χ3v) is 3.58. The van der Waals surface area contributed by atoms with E-state index in [0.29, 0.717) is 40.4 Å². The minimum Gasteiger partial charge on any atom is -0.508 e. The van der Waals surface area contributed by atoms with Gasteiger partial charge in [-0.3, -0.25) is 4.98 Å². The number of phenolic OH excluding ortho intramolecular Hbond substituents is 1. The molecule has 0 aliphatic heterocycles.